The lowest BCUT2D eigenvalue weighted by Gasteiger charge is -2.26. The molecule has 7 nitrogen and oxygen atoms in total. The lowest BCUT2D eigenvalue weighted by molar-refractivity contribution is 0.0734. The van der Waals surface area contributed by atoms with Crippen molar-refractivity contribution in [2.45, 2.75) is 32.4 Å². The maximum atomic E-state index is 13.3. The highest BCUT2D eigenvalue weighted by molar-refractivity contribution is 5.97. The number of likely N-dealkylation sites (tertiary alicyclic amines) is 1. The van der Waals surface area contributed by atoms with Crippen LogP contribution in [0.3, 0.4) is 0 Å². The van der Waals surface area contributed by atoms with Crippen LogP contribution in [0.5, 0.6) is 11.5 Å². The summed E-state index contributed by atoms with van der Waals surface area (Å²) >= 11 is 0. The fourth-order valence-electron chi connectivity index (χ4n) is 3.93. The number of benzene rings is 2. The van der Waals surface area contributed by atoms with E-state index in [9.17, 15) is 4.79 Å². The molecule has 1 aliphatic heterocycles. The van der Waals surface area contributed by atoms with Crippen molar-refractivity contribution in [3.63, 3.8) is 0 Å². The summed E-state index contributed by atoms with van der Waals surface area (Å²) < 4.78 is 12.7. The highest BCUT2D eigenvalue weighted by Crippen LogP contribution is 2.39. The van der Waals surface area contributed by atoms with E-state index in [0.717, 1.165) is 54.0 Å². The first kappa shape index (κ1) is 18.3. The molecule has 0 spiro atoms. The van der Waals surface area contributed by atoms with E-state index in [2.05, 4.69) is 10.3 Å². The second-order valence-corrected chi connectivity index (χ2v) is 6.87. The summed E-state index contributed by atoms with van der Waals surface area (Å²) in [4.78, 5) is 15.2. The summed E-state index contributed by atoms with van der Waals surface area (Å²) in [5.41, 5.74) is 3.32. The lowest BCUT2D eigenvalue weighted by Crippen LogP contribution is -2.30. The number of amides is 1. The molecule has 3 aromatic rings. The monoisotopic (exact) mass is 380 g/mol. The summed E-state index contributed by atoms with van der Waals surface area (Å²) in [6, 6.07) is 11.4. The number of methoxy groups -OCH3 is 2. The van der Waals surface area contributed by atoms with Gasteiger partial charge in [-0.1, -0.05) is 5.21 Å². The fourth-order valence-corrected chi connectivity index (χ4v) is 3.93. The van der Waals surface area contributed by atoms with E-state index in [1.54, 1.807) is 14.2 Å². The second kappa shape index (κ2) is 7.50. The number of hydrogen-bond acceptors (Lipinski definition) is 5. The Hall–Kier alpha value is -3.09. The predicted molar refractivity (Wildman–Crippen MR) is 106 cm³/mol. The first-order valence-corrected chi connectivity index (χ1v) is 9.52. The van der Waals surface area contributed by atoms with Crippen LogP contribution in [0.15, 0.2) is 36.4 Å². The van der Waals surface area contributed by atoms with Gasteiger partial charge in [0.2, 0.25) is 0 Å². The zero-order valence-electron chi connectivity index (χ0n) is 16.4. The number of nitrogens with zero attached hydrogens (tertiary/aromatic N) is 4. The Balaban J connectivity index is 1.66. The number of carbonyl (C=O) groups is 1. The van der Waals surface area contributed by atoms with Gasteiger partial charge in [-0.25, -0.2) is 4.68 Å². The van der Waals surface area contributed by atoms with Crippen LogP contribution in [0, 0.1) is 0 Å². The normalized spacial score (nSPS) is 16.5. The topological polar surface area (TPSA) is 69.5 Å². The van der Waals surface area contributed by atoms with E-state index < -0.39 is 0 Å². The molecule has 1 atom stereocenters. The standard InChI is InChI=1S/C21H24N4O3/c1-4-25-19-10-7-14(12-17(19)22-23-25)21(26)24-11-5-6-18(24)16-9-8-15(27-2)13-20(16)28-3/h7-10,12-13,18H,4-6,11H2,1-3H3/t18-/m1/s1. The van der Waals surface area contributed by atoms with Crippen LogP contribution in [0.4, 0.5) is 0 Å². The number of aryl methyl sites for hydroxylation is 1. The van der Waals surface area contributed by atoms with Crippen molar-refractivity contribution in [1.29, 1.82) is 0 Å². The summed E-state index contributed by atoms with van der Waals surface area (Å²) in [6.45, 7) is 3.48. The molecule has 2 heterocycles. The Labute approximate surface area is 163 Å². The Morgan fingerprint density at radius 3 is 2.79 bits per heavy atom. The molecule has 28 heavy (non-hydrogen) atoms. The van der Waals surface area contributed by atoms with E-state index in [1.807, 2.05) is 52.9 Å². The van der Waals surface area contributed by atoms with Gasteiger partial charge in [0.1, 0.15) is 17.0 Å². The molecule has 0 bridgehead atoms. The van der Waals surface area contributed by atoms with Crippen molar-refractivity contribution in [1.82, 2.24) is 19.9 Å². The van der Waals surface area contributed by atoms with Crippen LogP contribution in [0.2, 0.25) is 0 Å². The van der Waals surface area contributed by atoms with Gasteiger partial charge in [-0.3, -0.25) is 4.79 Å². The minimum atomic E-state index is -0.0182. The largest absolute Gasteiger partial charge is 0.497 e. The zero-order chi connectivity index (χ0) is 19.7. The highest BCUT2D eigenvalue weighted by Gasteiger charge is 2.32. The Kier molecular flexibility index (Phi) is 4.90. The van der Waals surface area contributed by atoms with Gasteiger partial charge in [-0.2, -0.15) is 0 Å². The van der Waals surface area contributed by atoms with Gasteiger partial charge >= 0.3 is 0 Å². The van der Waals surface area contributed by atoms with Crippen LogP contribution in [-0.2, 0) is 6.54 Å². The number of hydrogen-bond donors (Lipinski definition) is 0. The molecule has 0 saturated carbocycles. The summed E-state index contributed by atoms with van der Waals surface area (Å²) in [5, 5.41) is 8.32. The van der Waals surface area contributed by atoms with Gasteiger partial charge in [0.25, 0.3) is 5.91 Å². The zero-order valence-corrected chi connectivity index (χ0v) is 16.4. The Bertz CT molecular complexity index is 1010. The third-order valence-corrected chi connectivity index (χ3v) is 5.37. The molecule has 0 unspecified atom stereocenters. The van der Waals surface area contributed by atoms with Crippen molar-refractivity contribution in [3.8, 4) is 11.5 Å². The molecule has 2 aromatic carbocycles. The highest BCUT2D eigenvalue weighted by atomic mass is 16.5. The van der Waals surface area contributed by atoms with Crippen molar-refractivity contribution in [3.05, 3.63) is 47.5 Å². The lowest BCUT2D eigenvalue weighted by atomic mass is 10.0. The van der Waals surface area contributed by atoms with Crippen molar-refractivity contribution in [2.24, 2.45) is 0 Å². The molecular weight excluding hydrogens is 356 g/mol. The molecule has 0 N–H and O–H groups in total. The average molecular weight is 380 g/mol. The Morgan fingerprint density at radius 2 is 2.04 bits per heavy atom. The summed E-state index contributed by atoms with van der Waals surface area (Å²) in [6.07, 6.45) is 1.86. The van der Waals surface area contributed by atoms with Crippen LogP contribution >= 0.6 is 0 Å². The molecule has 7 heteroatoms. The van der Waals surface area contributed by atoms with Crippen LogP contribution < -0.4 is 9.47 Å². The van der Waals surface area contributed by atoms with Gasteiger partial charge in [0.15, 0.2) is 0 Å². The Morgan fingerprint density at radius 1 is 1.18 bits per heavy atom. The molecule has 146 valence electrons. The maximum absolute atomic E-state index is 13.3. The molecule has 0 aliphatic carbocycles. The molecule has 1 aromatic heterocycles. The van der Waals surface area contributed by atoms with Crippen LogP contribution in [-0.4, -0.2) is 46.6 Å². The van der Waals surface area contributed by atoms with E-state index in [1.165, 1.54) is 0 Å². The third-order valence-electron chi connectivity index (χ3n) is 5.37. The van der Waals surface area contributed by atoms with E-state index in [0.29, 0.717) is 5.56 Å². The summed E-state index contributed by atoms with van der Waals surface area (Å²) in [7, 11) is 3.27. The van der Waals surface area contributed by atoms with Gasteiger partial charge in [0.05, 0.1) is 25.8 Å². The smallest absolute Gasteiger partial charge is 0.254 e. The number of fused-ring (bicyclic) bond motifs is 1. The maximum Gasteiger partial charge on any atom is 0.254 e. The van der Waals surface area contributed by atoms with Crippen molar-refractivity contribution < 1.29 is 14.3 Å². The predicted octanol–water partition coefficient (Wildman–Crippen LogP) is 3.45. The van der Waals surface area contributed by atoms with Gasteiger partial charge in [0, 0.05) is 30.3 Å². The molecule has 0 radical (unpaired) electrons. The van der Waals surface area contributed by atoms with Crippen LogP contribution in [0.1, 0.15) is 41.7 Å². The molecule has 1 fully saturated rings. The minimum absolute atomic E-state index is 0.00770. The van der Waals surface area contributed by atoms with Gasteiger partial charge < -0.3 is 14.4 Å². The molecule has 4 rings (SSSR count). The average Bonchev–Trinajstić information content (AvgIpc) is 3.39. The van der Waals surface area contributed by atoms with Crippen molar-refractivity contribution in [2.75, 3.05) is 20.8 Å². The first-order valence-electron chi connectivity index (χ1n) is 9.52. The van der Waals surface area contributed by atoms with Gasteiger partial charge in [-0.15, -0.1) is 5.10 Å². The molecule has 1 saturated heterocycles. The minimum Gasteiger partial charge on any atom is -0.497 e. The van der Waals surface area contributed by atoms with E-state index in [-0.39, 0.29) is 11.9 Å². The van der Waals surface area contributed by atoms with Crippen molar-refractivity contribution >= 4 is 16.9 Å². The quantitative estimate of drug-likeness (QED) is 0.678. The number of carbonyl (C=O) groups excluding carboxylic acids is 1. The SMILES string of the molecule is CCn1nnc2cc(C(=O)N3CCC[C@@H]3c3ccc(OC)cc3OC)ccc21. The van der Waals surface area contributed by atoms with E-state index in [4.69, 9.17) is 9.47 Å². The number of rotatable bonds is 5. The second-order valence-electron chi connectivity index (χ2n) is 6.87. The number of aromatic nitrogens is 3. The molecule has 1 aliphatic rings. The van der Waals surface area contributed by atoms with Gasteiger partial charge in [-0.05, 0) is 50.1 Å². The third kappa shape index (κ3) is 3.06. The fraction of sp³-hybridized carbons (Fsp3) is 0.381. The van der Waals surface area contributed by atoms with E-state index >= 15 is 0 Å². The van der Waals surface area contributed by atoms with Crippen LogP contribution in [0.25, 0.3) is 11.0 Å². The molecular formula is C21H24N4O3. The number of ether oxygens (including phenoxy) is 2. The summed E-state index contributed by atoms with van der Waals surface area (Å²) in [5.74, 6) is 1.49. The first-order chi connectivity index (χ1) is 13.7. The molecule has 1 amide bonds.